The van der Waals surface area contributed by atoms with Crippen LogP contribution in [-0.4, -0.2) is 4.98 Å². The molecule has 0 spiro atoms. The smallest absolute Gasteiger partial charge is 0.180 e. The van der Waals surface area contributed by atoms with E-state index >= 15 is 0 Å². The Balaban J connectivity index is 1.98. The first-order chi connectivity index (χ1) is 7.77. The van der Waals surface area contributed by atoms with Crippen molar-refractivity contribution in [1.29, 1.82) is 0 Å². The molecule has 0 saturated carbocycles. The van der Waals surface area contributed by atoms with E-state index in [4.69, 9.17) is 16.0 Å². The van der Waals surface area contributed by atoms with Crippen molar-refractivity contribution in [2.24, 2.45) is 0 Å². The van der Waals surface area contributed by atoms with Crippen LogP contribution in [0.5, 0.6) is 0 Å². The molecule has 2 rings (SSSR count). The lowest BCUT2D eigenvalue weighted by molar-refractivity contribution is 0.458. The molecule has 84 valence electrons. The molecule has 0 saturated heterocycles. The molecule has 1 aromatic heterocycles. The first kappa shape index (κ1) is 11.2. The lowest BCUT2D eigenvalue weighted by Crippen LogP contribution is -2.18. The predicted octanol–water partition coefficient (Wildman–Crippen LogP) is 3.18. The molecule has 0 amide bonds. The molecule has 0 bridgehead atoms. The zero-order valence-corrected chi connectivity index (χ0v) is 9.74. The molecule has 0 unspecified atom stereocenters. The van der Waals surface area contributed by atoms with Crippen molar-refractivity contribution in [2.75, 3.05) is 0 Å². The number of halogens is 1. The van der Waals surface area contributed by atoms with E-state index in [0.717, 1.165) is 16.3 Å². The highest BCUT2D eigenvalue weighted by Gasteiger charge is 2.08. The third-order valence-electron chi connectivity index (χ3n) is 2.44. The van der Waals surface area contributed by atoms with Crippen LogP contribution in [0.3, 0.4) is 0 Å². The van der Waals surface area contributed by atoms with Gasteiger partial charge in [-0.3, -0.25) is 0 Å². The van der Waals surface area contributed by atoms with Crippen LogP contribution in [-0.2, 0) is 6.54 Å². The number of hydrogen-bond acceptors (Lipinski definition) is 3. The van der Waals surface area contributed by atoms with Gasteiger partial charge in [0.15, 0.2) is 6.39 Å². The average molecular weight is 237 g/mol. The van der Waals surface area contributed by atoms with Crippen LogP contribution in [0.2, 0.25) is 5.02 Å². The van der Waals surface area contributed by atoms with Gasteiger partial charge < -0.3 is 9.73 Å². The minimum atomic E-state index is 0.179. The van der Waals surface area contributed by atoms with Crippen LogP contribution in [0.15, 0.2) is 41.3 Å². The van der Waals surface area contributed by atoms with E-state index in [2.05, 4.69) is 17.2 Å². The number of rotatable bonds is 4. The number of benzene rings is 1. The van der Waals surface area contributed by atoms with Gasteiger partial charge in [0.05, 0.1) is 12.7 Å². The van der Waals surface area contributed by atoms with Crippen LogP contribution in [0.1, 0.15) is 24.3 Å². The average Bonchev–Trinajstić information content (AvgIpc) is 2.79. The van der Waals surface area contributed by atoms with Gasteiger partial charge in [-0.1, -0.05) is 29.8 Å². The maximum Gasteiger partial charge on any atom is 0.180 e. The first-order valence-electron chi connectivity index (χ1n) is 5.12. The second-order valence-corrected chi connectivity index (χ2v) is 4.00. The van der Waals surface area contributed by atoms with E-state index in [9.17, 15) is 0 Å². The van der Waals surface area contributed by atoms with Gasteiger partial charge in [0, 0.05) is 11.1 Å². The normalized spacial score (nSPS) is 12.6. The van der Waals surface area contributed by atoms with Crippen molar-refractivity contribution >= 4 is 11.6 Å². The zero-order chi connectivity index (χ0) is 11.4. The highest BCUT2D eigenvalue weighted by Crippen LogP contribution is 2.22. The van der Waals surface area contributed by atoms with Crippen LogP contribution < -0.4 is 5.32 Å². The molecule has 0 fully saturated rings. The number of hydrogen-bond donors (Lipinski definition) is 1. The fraction of sp³-hybridized carbons (Fsp3) is 0.250. The van der Waals surface area contributed by atoms with Gasteiger partial charge in [-0.2, -0.15) is 0 Å². The third kappa shape index (κ3) is 2.62. The molecule has 1 heterocycles. The fourth-order valence-corrected chi connectivity index (χ4v) is 1.82. The summed E-state index contributed by atoms with van der Waals surface area (Å²) in [6, 6.07) is 7.99. The SMILES string of the molecule is C[C@H](NCc1cnco1)c1ccccc1Cl. The third-order valence-corrected chi connectivity index (χ3v) is 2.78. The topological polar surface area (TPSA) is 38.1 Å². The molecule has 1 aromatic carbocycles. The monoisotopic (exact) mass is 236 g/mol. The van der Waals surface area contributed by atoms with E-state index in [1.165, 1.54) is 6.39 Å². The van der Waals surface area contributed by atoms with E-state index in [-0.39, 0.29) is 6.04 Å². The number of aromatic nitrogens is 1. The summed E-state index contributed by atoms with van der Waals surface area (Å²) in [6.07, 6.45) is 3.13. The Hall–Kier alpha value is -1.32. The first-order valence-corrected chi connectivity index (χ1v) is 5.50. The number of nitrogens with zero attached hydrogens (tertiary/aromatic N) is 1. The van der Waals surface area contributed by atoms with Gasteiger partial charge >= 0.3 is 0 Å². The summed E-state index contributed by atoms with van der Waals surface area (Å²) in [5, 5.41) is 4.10. The van der Waals surface area contributed by atoms with Gasteiger partial charge in [-0.15, -0.1) is 0 Å². The molecule has 0 aliphatic rings. The van der Waals surface area contributed by atoms with Crippen molar-refractivity contribution in [2.45, 2.75) is 19.5 Å². The summed E-state index contributed by atoms with van der Waals surface area (Å²) >= 11 is 6.10. The summed E-state index contributed by atoms with van der Waals surface area (Å²) in [5.41, 5.74) is 1.09. The molecule has 3 nitrogen and oxygen atoms in total. The molecule has 0 radical (unpaired) electrons. The molecule has 16 heavy (non-hydrogen) atoms. The van der Waals surface area contributed by atoms with Crippen LogP contribution in [0.4, 0.5) is 0 Å². The Kier molecular flexibility index (Phi) is 3.59. The van der Waals surface area contributed by atoms with E-state index in [0.29, 0.717) is 6.54 Å². The van der Waals surface area contributed by atoms with Crippen molar-refractivity contribution in [3.05, 3.63) is 53.2 Å². The van der Waals surface area contributed by atoms with Crippen molar-refractivity contribution in [3.63, 3.8) is 0 Å². The lowest BCUT2D eigenvalue weighted by atomic mass is 10.1. The molecular weight excluding hydrogens is 224 g/mol. The molecule has 0 aliphatic heterocycles. The highest BCUT2D eigenvalue weighted by atomic mass is 35.5. The molecule has 0 aliphatic carbocycles. The standard InChI is InChI=1S/C12H13ClN2O/c1-9(11-4-2-3-5-12(11)13)15-7-10-6-14-8-16-10/h2-6,8-9,15H,7H2,1H3/t9-/m0/s1. The number of oxazole rings is 1. The summed E-state index contributed by atoms with van der Waals surface area (Å²) in [4.78, 5) is 3.86. The van der Waals surface area contributed by atoms with Gasteiger partial charge in [-0.05, 0) is 18.6 Å². The highest BCUT2D eigenvalue weighted by molar-refractivity contribution is 6.31. The minimum Gasteiger partial charge on any atom is -0.447 e. The molecule has 4 heteroatoms. The quantitative estimate of drug-likeness (QED) is 0.886. The Morgan fingerprint density at radius 3 is 2.94 bits per heavy atom. The Bertz CT molecular complexity index is 442. The molecule has 2 aromatic rings. The molecule has 1 N–H and O–H groups in total. The van der Waals surface area contributed by atoms with Crippen molar-refractivity contribution in [3.8, 4) is 0 Å². The zero-order valence-electron chi connectivity index (χ0n) is 8.98. The van der Waals surface area contributed by atoms with Crippen LogP contribution in [0, 0.1) is 0 Å². The van der Waals surface area contributed by atoms with Crippen LogP contribution >= 0.6 is 11.6 Å². The van der Waals surface area contributed by atoms with Gasteiger partial charge in [0.2, 0.25) is 0 Å². The van der Waals surface area contributed by atoms with Crippen molar-refractivity contribution in [1.82, 2.24) is 10.3 Å². The predicted molar refractivity (Wildman–Crippen MR) is 63.2 cm³/mol. The molecule has 1 atom stereocenters. The summed E-state index contributed by atoms with van der Waals surface area (Å²) in [5.74, 6) is 0.818. The largest absolute Gasteiger partial charge is 0.447 e. The Morgan fingerprint density at radius 2 is 2.25 bits per heavy atom. The Labute approximate surface area is 99.5 Å². The fourth-order valence-electron chi connectivity index (χ4n) is 1.52. The summed E-state index contributed by atoms with van der Waals surface area (Å²) < 4.78 is 5.14. The maximum absolute atomic E-state index is 6.10. The van der Waals surface area contributed by atoms with Gasteiger partial charge in [0.1, 0.15) is 5.76 Å². The van der Waals surface area contributed by atoms with Gasteiger partial charge in [-0.25, -0.2) is 4.98 Å². The second-order valence-electron chi connectivity index (χ2n) is 3.59. The summed E-state index contributed by atoms with van der Waals surface area (Å²) in [6.45, 7) is 2.71. The summed E-state index contributed by atoms with van der Waals surface area (Å²) in [7, 11) is 0. The van der Waals surface area contributed by atoms with Crippen LogP contribution in [0.25, 0.3) is 0 Å². The minimum absolute atomic E-state index is 0.179. The number of nitrogens with one attached hydrogen (secondary N) is 1. The molecular formula is C12H13ClN2O. The second kappa shape index (κ2) is 5.14. The Morgan fingerprint density at radius 1 is 1.44 bits per heavy atom. The van der Waals surface area contributed by atoms with Crippen molar-refractivity contribution < 1.29 is 4.42 Å². The van der Waals surface area contributed by atoms with E-state index in [1.54, 1.807) is 6.20 Å². The van der Waals surface area contributed by atoms with E-state index in [1.807, 2.05) is 24.3 Å². The maximum atomic E-state index is 6.10. The van der Waals surface area contributed by atoms with Gasteiger partial charge in [0.25, 0.3) is 0 Å². The van der Waals surface area contributed by atoms with E-state index < -0.39 is 0 Å². The lowest BCUT2D eigenvalue weighted by Gasteiger charge is -2.14.